The third-order valence-electron chi connectivity index (χ3n) is 7.81. The molecule has 0 unspecified atom stereocenters. The van der Waals surface area contributed by atoms with Crippen LogP contribution in [0.15, 0.2) is 0 Å². The molecule has 2 rings (SSSR count). The Morgan fingerprint density at radius 3 is 1.69 bits per heavy atom. The van der Waals surface area contributed by atoms with E-state index in [0.717, 1.165) is 23.7 Å². The van der Waals surface area contributed by atoms with E-state index in [2.05, 4.69) is 13.8 Å². The molecule has 0 nitrogen and oxygen atoms in total. The van der Waals surface area contributed by atoms with Crippen LogP contribution in [0.3, 0.4) is 0 Å². The van der Waals surface area contributed by atoms with Crippen molar-refractivity contribution in [2.75, 3.05) is 0 Å². The lowest BCUT2D eigenvalue weighted by Crippen LogP contribution is -2.26. The number of hydrogen-bond donors (Lipinski definition) is 0. The number of rotatable bonds is 13. The van der Waals surface area contributed by atoms with Gasteiger partial charge in [0.05, 0.1) is 0 Å². The molecule has 2 saturated carbocycles. The molecule has 0 spiro atoms. The van der Waals surface area contributed by atoms with Gasteiger partial charge >= 0.3 is 0 Å². The molecule has 0 heteroatoms. The van der Waals surface area contributed by atoms with Crippen LogP contribution in [-0.2, 0) is 0 Å². The van der Waals surface area contributed by atoms with Crippen molar-refractivity contribution in [3.8, 4) is 0 Å². The fraction of sp³-hybridized carbons (Fsp3) is 1.00. The third-order valence-corrected chi connectivity index (χ3v) is 7.81. The summed E-state index contributed by atoms with van der Waals surface area (Å²) in [5.41, 5.74) is 0. The van der Waals surface area contributed by atoms with Crippen molar-refractivity contribution >= 4 is 0 Å². The summed E-state index contributed by atoms with van der Waals surface area (Å²) in [5, 5.41) is 0. The zero-order chi connectivity index (χ0) is 18.5. The molecule has 0 aliphatic heterocycles. The minimum atomic E-state index is 1.09. The zero-order valence-corrected chi connectivity index (χ0v) is 18.5. The number of hydrogen-bond acceptors (Lipinski definition) is 0. The topological polar surface area (TPSA) is 0 Å². The normalized spacial score (nSPS) is 29.8. The minimum absolute atomic E-state index is 1.09. The maximum Gasteiger partial charge on any atom is -0.0383 e. The monoisotopic (exact) mass is 362 g/mol. The Balaban J connectivity index is 1.56. The van der Waals surface area contributed by atoms with Crippen molar-refractivity contribution < 1.29 is 0 Å². The molecule has 2 aliphatic rings. The second-order valence-electron chi connectivity index (χ2n) is 9.98. The highest BCUT2D eigenvalue weighted by atomic mass is 14.4. The SMILES string of the molecule is CCCCCCCC1CCC([C@@H]2CCC[C@@H](CCCCCCC)C2)CC1. The highest BCUT2D eigenvalue weighted by molar-refractivity contribution is 4.82. The van der Waals surface area contributed by atoms with Crippen LogP contribution in [0.5, 0.6) is 0 Å². The van der Waals surface area contributed by atoms with Crippen LogP contribution in [0.4, 0.5) is 0 Å². The summed E-state index contributed by atoms with van der Waals surface area (Å²) in [6, 6.07) is 0. The van der Waals surface area contributed by atoms with Gasteiger partial charge in [0.15, 0.2) is 0 Å². The van der Waals surface area contributed by atoms with Gasteiger partial charge in [-0.25, -0.2) is 0 Å². The van der Waals surface area contributed by atoms with Crippen LogP contribution in [0.1, 0.15) is 142 Å². The van der Waals surface area contributed by atoms with E-state index in [1.165, 1.54) is 64.2 Å². The molecule has 0 aromatic carbocycles. The van der Waals surface area contributed by atoms with E-state index in [-0.39, 0.29) is 0 Å². The van der Waals surface area contributed by atoms with E-state index in [4.69, 9.17) is 0 Å². The average molecular weight is 363 g/mol. The van der Waals surface area contributed by atoms with Crippen molar-refractivity contribution in [2.45, 2.75) is 142 Å². The maximum atomic E-state index is 2.33. The van der Waals surface area contributed by atoms with Crippen LogP contribution < -0.4 is 0 Å². The van der Waals surface area contributed by atoms with E-state index in [1.54, 1.807) is 64.2 Å². The predicted octanol–water partition coefficient (Wildman–Crippen LogP) is 9.32. The largest absolute Gasteiger partial charge is 0.0654 e. The lowest BCUT2D eigenvalue weighted by Gasteiger charge is -2.38. The molecule has 0 aromatic heterocycles. The van der Waals surface area contributed by atoms with Crippen LogP contribution in [-0.4, -0.2) is 0 Å². The summed E-state index contributed by atoms with van der Waals surface area (Å²) in [4.78, 5) is 0. The lowest BCUT2D eigenvalue weighted by molar-refractivity contribution is 0.132. The Morgan fingerprint density at radius 1 is 0.500 bits per heavy atom. The van der Waals surface area contributed by atoms with Gasteiger partial charge in [-0.05, 0) is 42.9 Å². The Labute approximate surface area is 166 Å². The van der Waals surface area contributed by atoms with Crippen LogP contribution in [0, 0.1) is 23.7 Å². The maximum absolute atomic E-state index is 2.33. The lowest BCUT2D eigenvalue weighted by atomic mass is 9.67. The van der Waals surface area contributed by atoms with Crippen LogP contribution in [0.2, 0.25) is 0 Å². The Bertz CT molecular complexity index is 312. The van der Waals surface area contributed by atoms with E-state index in [0.29, 0.717) is 0 Å². The standard InChI is InChI=1S/C26H50/c1-3-5-7-9-11-14-23-18-20-25(21-19-23)26-17-13-16-24(22-26)15-12-10-8-6-4-2/h23-26H,3-22H2,1-2H3/t23?,24-,25?,26-/m1/s1. The van der Waals surface area contributed by atoms with Crippen molar-refractivity contribution in [3.05, 3.63) is 0 Å². The molecule has 2 atom stereocenters. The fourth-order valence-electron chi connectivity index (χ4n) is 6.04. The Kier molecular flexibility index (Phi) is 12.1. The second-order valence-corrected chi connectivity index (χ2v) is 9.98. The Hall–Kier alpha value is 0. The summed E-state index contributed by atoms with van der Waals surface area (Å²) in [6.45, 7) is 4.65. The van der Waals surface area contributed by atoms with Gasteiger partial charge < -0.3 is 0 Å². The molecule has 26 heavy (non-hydrogen) atoms. The molecule has 2 fully saturated rings. The summed E-state index contributed by atoms with van der Waals surface area (Å²) in [5.74, 6) is 4.39. The van der Waals surface area contributed by atoms with Gasteiger partial charge in [0.1, 0.15) is 0 Å². The second kappa shape index (κ2) is 14.1. The van der Waals surface area contributed by atoms with Gasteiger partial charge in [-0.2, -0.15) is 0 Å². The molecule has 154 valence electrons. The van der Waals surface area contributed by atoms with Gasteiger partial charge in [0.25, 0.3) is 0 Å². The smallest absolute Gasteiger partial charge is 0.0383 e. The predicted molar refractivity (Wildman–Crippen MR) is 118 cm³/mol. The molecule has 0 bridgehead atoms. The third kappa shape index (κ3) is 8.79. The fourth-order valence-corrected chi connectivity index (χ4v) is 6.04. The van der Waals surface area contributed by atoms with Crippen LogP contribution >= 0.6 is 0 Å². The van der Waals surface area contributed by atoms with Crippen molar-refractivity contribution in [1.29, 1.82) is 0 Å². The average Bonchev–Trinajstić information content (AvgIpc) is 2.68. The molecule has 0 amide bonds. The first-order valence-electron chi connectivity index (χ1n) is 12.8. The zero-order valence-electron chi connectivity index (χ0n) is 18.5. The van der Waals surface area contributed by atoms with Crippen molar-refractivity contribution in [3.63, 3.8) is 0 Å². The first kappa shape index (κ1) is 22.3. The van der Waals surface area contributed by atoms with Crippen LogP contribution in [0.25, 0.3) is 0 Å². The van der Waals surface area contributed by atoms with Gasteiger partial charge in [-0.15, -0.1) is 0 Å². The molecule has 0 heterocycles. The molecule has 0 radical (unpaired) electrons. The summed E-state index contributed by atoms with van der Waals surface area (Å²) >= 11 is 0. The molecule has 0 aromatic rings. The summed E-state index contributed by atoms with van der Waals surface area (Å²) in [7, 11) is 0. The van der Waals surface area contributed by atoms with E-state index >= 15 is 0 Å². The van der Waals surface area contributed by atoms with E-state index in [9.17, 15) is 0 Å². The highest BCUT2D eigenvalue weighted by Gasteiger charge is 2.31. The molecular formula is C26H50. The first-order chi connectivity index (χ1) is 12.8. The first-order valence-corrected chi connectivity index (χ1v) is 12.8. The van der Waals surface area contributed by atoms with Gasteiger partial charge in [-0.3, -0.25) is 0 Å². The number of unbranched alkanes of at least 4 members (excludes halogenated alkanes) is 8. The van der Waals surface area contributed by atoms with E-state index < -0.39 is 0 Å². The van der Waals surface area contributed by atoms with Gasteiger partial charge in [0, 0.05) is 0 Å². The summed E-state index contributed by atoms with van der Waals surface area (Å²) < 4.78 is 0. The highest BCUT2D eigenvalue weighted by Crippen LogP contribution is 2.43. The molecule has 0 saturated heterocycles. The van der Waals surface area contributed by atoms with Gasteiger partial charge in [0.2, 0.25) is 0 Å². The van der Waals surface area contributed by atoms with E-state index in [1.807, 2.05) is 0 Å². The molecule has 2 aliphatic carbocycles. The van der Waals surface area contributed by atoms with Crippen molar-refractivity contribution in [2.24, 2.45) is 23.7 Å². The molecule has 0 N–H and O–H groups in total. The van der Waals surface area contributed by atoms with Gasteiger partial charge in [-0.1, -0.05) is 123 Å². The summed E-state index contributed by atoms with van der Waals surface area (Å²) in [6.07, 6.45) is 30.3. The minimum Gasteiger partial charge on any atom is -0.0654 e. The molecular weight excluding hydrogens is 312 g/mol. The quantitative estimate of drug-likeness (QED) is 0.286. The Morgan fingerprint density at radius 2 is 1.08 bits per heavy atom. The van der Waals surface area contributed by atoms with Crippen molar-refractivity contribution in [1.82, 2.24) is 0 Å².